The molecule has 2 heterocycles. The molecule has 1 saturated heterocycles. The lowest BCUT2D eigenvalue weighted by Gasteiger charge is -2.26. The summed E-state index contributed by atoms with van der Waals surface area (Å²) < 4.78 is 0. The van der Waals surface area contributed by atoms with Crippen molar-refractivity contribution in [1.29, 1.82) is 0 Å². The SMILES string of the molecule is CCCNc1nccc(NCCN2CCSCC2)n1. The lowest BCUT2D eigenvalue weighted by atomic mass is 10.4. The molecule has 1 fully saturated rings. The Labute approximate surface area is 119 Å². The lowest BCUT2D eigenvalue weighted by molar-refractivity contribution is 0.314. The Morgan fingerprint density at radius 3 is 2.89 bits per heavy atom. The van der Waals surface area contributed by atoms with Gasteiger partial charge in [0.15, 0.2) is 0 Å². The first-order valence-electron chi connectivity index (χ1n) is 6.99. The van der Waals surface area contributed by atoms with Crippen LogP contribution in [0.2, 0.25) is 0 Å². The van der Waals surface area contributed by atoms with Gasteiger partial charge in [0.05, 0.1) is 0 Å². The minimum Gasteiger partial charge on any atom is -0.369 e. The topological polar surface area (TPSA) is 53.1 Å². The molecule has 2 rings (SSSR count). The zero-order chi connectivity index (χ0) is 13.3. The van der Waals surface area contributed by atoms with Gasteiger partial charge in [0, 0.05) is 50.4 Å². The fraction of sp³-hybridized carbons (Fsp3) is 0.692. The molecule has 0 radical (unpaired) electrons. The third-order valence-electron chi connectivity index (χ3n) is 3.03. The van der Waals surface area contributed by atoms with E-state index in [1.165, 1.54) is 24.6 Å². The van der Waals surface area contributed by atoms with E-state index in [9.17, 15) is 0 Å². The van der Waals surface area contributed by atoms with Gasteiger partial charge in [0.2, 0.25) is 5.95 Å². The van der Waals surface area contributed by atoms with Crippen LogP contribution in [-0.2, 0) is 0 Å². The highest BCUT2D eigenvalue weighted by atomic mass is 32.2. The van der Waals surface area contributed by atoms with Gasteiger partial charge in [-0.25, -0.2) is 4.98 Å². The summed E-state index contributed by atoms with van der Waals surface area (Å²) >= 11 is 2.05. The monoisotopic (exact) mass is 281 g/mol. The normalized spacial score (nSPS) is 16.3. The molecule has 0 aromatic carbocycles. The minimum atomic E-state index is 0.709. The summed E-state index contributed by atoms with van der Waals surface area (Å²) in [5.41, 5.74) is 0. The maximum atomic E-state index is 4.44. The summed E-state index contributed by atoms with van der Waals surface area (Å²) in [6, 6.07) is 1.92. The summed E-state index contributed by atoms with van der Waals surface area (Å²) in [5.74, 6) is 4.14. The smallest absolute Gasteiger partial charge is 0.224 e. The summed E-state index contributed by atoms with van der Waals surface area (Å²) in [4.78, 5) is 11.1. The van der Waals surface area contributed by atoms with E-state index in [4.69, 9.17) is 0 Å². The molecule has 5 nitrogen and oxygen atoms in total. The van der Waals surface area contributed by atoms with Crippen LogP contribution in [0, 0.1) is 0 Å². The molecule has 106 valence electrons. The van der Waals surface area contributed by atoms with Gasteiger partial charge in [-0.05, 0) is 12.5 Å². The van der Waals surface area contributed by atoms with E-state index in [0.717, 1.165) is 31.9 Å². The molecule has 1 aromatic rings. The fourth-order valence-electron chi connectivity index (χ4n) is 1.95. The average Bonchev–Trinajstić information content (AvgIpc) is 2.47. The van der Waals surface area contributed by atoms with Crippen molar-refractivity contribution >= 4 is 23.5 Å². The Hall–Kier alpha value is -1.01. The molecule has 0 saturated carbocycles. The van der Waals surface area contributed by atoms with E-state index < -0.39 is 0 Å². The number of rotatable bonds is 7. The number of nitrogens with zero attached hydrogens (tertiary/aromatic N) is 3. The first kappa shape index (κ1) is 14.4. The summed E-state index contributed by atoms with van der Waals surface area (Å²) in [6.07, 6.45) is 2.87. The number of thioether (sulfide) groups is 1. The van der Waals surface area contributed by atoms with E-state index in [2.05, 4.69) is 32.4 Å². The van der Waals surface area contributed by atoms with Gasteiger partial charge < -0.3 is 10.6 Å². The first-order chi connectivity index (χ1) is 9.38. The molecule has 1 aliphatic rings. The second-order valence-electron chi connectivity index (χ2n) is 4.57. The Morgan fingerprint density at radius 1 is 1.26 bits per heavy atom. The van der Waals surface area contributed by atoms with Crippen LogP contribution in [0.5, 0.6) is 0 Å². The van der Waals surface area contributed by atoms with E-state index in [-0.39, 0.29) is 0 Å². The number of hydrogen-bond donors (Lipinski definition) is 2. The van der Waals surface area contributed by atoms with Crippen LogP contribution in [0.15, 0.2) is 12.3 Å². The molecule has 6 heteroatoms. The Kier molecular flexibility index (Phi) is 6.23. The summed E-state index contributed by atoms with van der Waals surface area (Å²) in [6.45, 7) is 7.48. The molecule has 1 aromatic heterocycles. The molecule has 0 spiro atoms. The maximum absolute atomic E-state index is 4.44. The highest BCUT2D eigenvalue weighted by molar-refractivity contribution is 7.99. The molecule has 2 N–H and O–H groups in total. The molecule has 0 aliphatic carbocycles. The molecular weight excluding hydrogens is 258 g/mol. The molecule has 0 unspecified atom stereocenters. The maximum Gasteiger partial charge on any atom is 0.224 e. The first-order valence-corrected chi connectivity index (χ1v) is 8.15. The van der Waals surface area contributed by atoms with Crippen molar-refractivity contribution in [3.8, 4) is 0 Å². The predicted molar refractivity (Wildman–Crippen MR) is 83.1 cm³/mol. The Morgan fingerprint density at radius 2 is 2.11 bits per heavy atom. The molecule has 0 atom stereocenters. The number of anilines is 2. The third kappa shape index (κ3) is 5.24. The van der Waals surface area contributed by atoms with E-state index in [0.29, 0.717) is 5.95 Å². The molecule has 0 bridgehead atoms. The van der Waals surface area contributed by atoms with Crippen LogP contribution < -0.4 is 10.6 Å². The number of nitrogens with one attached hydrogen (secondary N) is 2. The van der Waals surface area contributed by atoms with E-state index in [1.807, 2.05) is 17.8 Å². The van der Waals surface area contributed by atoms with Crippen LogP contribution in [-0.4, -0.2) is 59.1 Å². The standard InChI is InChI=1S/C13H23N5S/c1-2-4-15-13-16-5-3-12(17-13)14-6-7-18-8-10-19-11-9-18/h3,5H,2,4,6-11H2,1H3,(H2,14,15,16,17). The molecule has 1 aliphatic heterocycles. The van der Waals surface area contributed by atoms with Crippen LogP contribution in [0.25, 0.3) is 0 Å². The average molecular weight is 281 g/mol. The van der Waals surface area contributed by atoms with Crippen molar-refractivity contribution in [2.75, 3.05) is 54.9 Å². The van der Waals surface area contributed by atoms with Crippen molar-refractivity contribution in [2.45, 2.75) is 13.3 Å². The number of hydrogen-bond acceptors (Lipinski definition) is 6. The van der Waals surface area contributed by atoms with Crippen LogP contribution in [0.3, 0.4) is 0 Å². The second kappa shape index (κ2) is 8.22. The van der Waals surface area contributed by atoms with Crippen LogP contribution in [0.1, 0.15) is 13.3 Å². The van der Waals surface area contributed by atoms with Gasteiger partial charge in [-0.2, -0.15) is 16.7 Å². The third-order valence-corrected chi connectivity index (χ3v) is 3.97. The van der Waals surface area contributed by atoms with Crippen molar-refractivity contribution in [3.05, 3.63) is 12.3 Å². The fourth-order valence-corrected chi connectivity index (χ4v) is 2.92. The van der Waals surface area contributed by atoms with E-state index in [1.54, 1.807) is 6.20 Å². The number of aromatic nitrogens is 2. The highest BCUT2D eigenvalue weighted by Gasteiger charge is 2.09. The predicted octanol–water partition coefficient (Wildman–Crippen LogP) is 1.76. The summed E-state index contributed by atoms with van der Waals surface area (Å²) in [5, 5.41) is 6.57. The van der Waals surface area contributed by atoms with Gasteiger partial charge in [-0.15, -0.1) is 0 Å². The zero-order valence-electron chi connectivity index (χ0n) is 11.6. The quantitative estimate of drug-likeness (QED) is 0.794. The molecule has 19 heavy (non-hydrogen) atoms. The zero-order valence-corrected chi connectivity index (χ0v) is 12.4. The Bertz CT molecular complexity index is 368. The van der Waals surface area contributed by atoms with Gasteiger partial charge in [0.25, 0.3) is 0 Å². The van der Waals surface area contributed by atoms with Gasteiger partial charge in [-0.3, -0.25) is 4.90 Å². The van der Waals surface area contributed by atoms with Gasteiger partial charge in [0.1, 0.15) is 5.82 Å². The van der Waals surface area contributed by atoms with Gasteiger partial charge in [-0.1, -0.05) is 6.92 Å². The molecular formula is C13H23N5S. The van der Waals surface area contributed by atoms with Crippen LogP contribution >= 0.6 is 11.8 Å². The van der Waals surface area contributed by atoms with E-state index >= 15 is 0 Å². The van der Waals surface area contributed by atoms with Crippen LogP contribution in [0.4, 0.5) is 11.8 Å². The minimum absolute atomic E-state index is 0.709. The van der Waals surface area contributed by atoms with Crippen molar-refractivity contribution in [1.82, 2.24) is 14.9 Å². The van der Waals surface area contributed by atoms with Crippen molar-refractivity contribution < 1.29 is 0 Å². The summed E-state index contributed by atoms with van der Waals surface area (Å²) in [7, 11) is 0. The van der Waals surface area contributed by atoms with Crippen molar-refractivity contribution in [2.24, 2.45) is 0 Å². The van der Waals surface area contributed by atoms with Crippen molar-refractivity contribution in [3.63, 3.8) is 0 Å². The largest absolute Gasteiger partial charge is 0.369 e. The molecule has 0 amide bonds. The van der Waals surface area contributed by atoms with Gasteiger partial charge >= 0.3 is 0 Å². The Balaban J connectivity index is 1.72. The second-order valence-corrected chi connectivity index (χ2v) is 5.80. The highest BCUT2D eigenvalue weighted by Crippen LogP contribution is 2.09. The lowest BCUT2D eigenvalue weighted by Crippen LogP contribution is -2.36.